The zero-order chi connectivity index (χ0) is 17.5. The van der Waals surface area contributed by atoms with Crippen LogP contribution >= 0.6 is 23.7 Å². The normalized spacial score (nSPS) is 15.3. The lowest BCUT2D eigenvalue weighted by Crippen LogP contribution is -2.36. The molecule has 1 fully saturated rings. The van der Waals surface area contributed by atoms with Crippen LogP contribution in [0.5, 0.6) is 5.75 Å². The van der Waals surface area contributed by atoms with Gasteiger partial charge in [-0.25, -0.2) is 0 Å². The summed E-state index contributed by atoms with van der Waals surface area (Å²) in [5, 5.41) is 5.22. The maximum atomic E-state index is 12.5. The van der Waals surface area contributed by atoms with E-state index in [2.05, 4.69) is 34.7 Å². The van der Waals surface area contributed by atoms with Gasteiger partial charge >= 0.3 is 0 Å². The van der Waals surface area contributed by atoms with Crippen molar-refractivity contribution in [1.82, 2.24) is 10.2 Å². The van der Waals surface area contributed by atoms with Crippen molar-refractivity contribution in [2.75, 3.05) is 26.2 Å². The number of rotatable bonds is 8. The fourth-order valence-corrected chi connectivity index (χ4v) is 4.02. The molecule has 2 heterocycles. The number of halogens is 1. The highest BCUT2D eigenvalue weighted by molar-refractivity contribution is 7.10. The highest BCUT2D eigenvalue weighted by Gasteiger charge is 2.24. The second-order valence-electron chi connectivity index (χ2n) is 6.36. The molecule has 1 amide bonds. The van der Waals surface area contributed by atoms with Gasteiger partial charge in [-0.3, -0.25) is 9.69 Å². The van der Waals surface area contributed by atoms with Gasteiger partial charge in [0.25, 0.3) is 5.91 Å². The average molecular weight is 395 g/mol. The third-order valence-electron chi connectivity index (χ3n) is 4.50. The first-order valence-electron chi connectivity index (χ1n) is 9.06. The van der Waals surface area contributed by atoms with Gasteiger partial charge < -0.3 is 10.1 Å². The molecule has 1 atom stereocenters. The van der Waals surface area contributed by atoms with Gasteiger partial charge in [-0.15, -0.1) is 23.7 Å². The molecular formula is C20H27ClN2O2S. The minimum atomic E-state index is -0.0252. The summed E-state index contributed by atoms with van der Waals surface area (Å²) in [6.45, 7) is 5.65. The molecular weight excluding hydrogens is 368 g/mol. The molecule has 6 heteroatoms. The van der Waals surface area contributed by atoms with Gasteiger partial charge in [0, 0.05) is 17.0 Å². The molecule has 3 rings (SSSR count). The van der Waals surface area contributed by atoms with Crippen molar-refractivity contribution in [2.45, 2.75) is 32.2 Å². The van der Waals surface area contributed by atoms with E-state index in [1.807, 2.05) is 24.3 Å². The Morgan fingerprint density at radius 2 is 1.96 bits per heavy atom. The molecule has 0 radical (unpaired) electrons. The molecule has 1 aliphatic rings. The fraction of sp³-hybridized carbons (Fsp3) is 0.450. The van der Waals surface area contributed by atoms with E-state index in [0.717, 1.165) is 25.3 Å². The van der Waals surface area contributed by atoms with Crippen LogP contribution < -0.4 is 10.1 Å². The molecule has 0 aliphatic carbocycles. The lowest BCUT2D eigenvalue weighted by Gasteiger charge is -2.26. The molecule has 1 aromatic heterocycles. The zero-order valence-corrected chi connectivity index (χ0v) is 16.8. The number of amides is 1. The van der Waals surface area contributed by atoms with E-state index >= 15 is 0 Å². The van der Waals surface area contributed by atoms with Crippen LogP contribution in [0.2, 0.25) is 0 Å². The van der Waals surface area contributed by atoms with Crippen molar-refractivity contribution >= 4 is 29.7 Å². The number of nitrogens with one attached hydrogen (secondary N) is 1. The Morgan fingerprint density at radius 1 is 1.23 bits per heavy atom. The summed E-state index contributed by atoms with van der Waals surface area (Å²) < 4.78 is 5.57. The van der Waals surface area contributed by atoms with Gasteiger partial charge in [-0.1, -0.05) is 13.0 Å². The number of nitrogens with zero attached hydrogens (tertiary/aromatic N) is 1. The Kier molecular flexibility index (Phi) is 8.42. The molecule has 26 heavy (non-hydrogen) atoms. The van der Waals surface area contributed by atoms with Crippen molar-refractivity contribution in [2.24, 2.45) is 0 Å². The van der Waals surface area contributed by atoms with Crippen LogP contribution in [0.25, 0.3) is 0 Å². The minimum absolute atomic E-state index is 0. The number of ether oxygens (including phenoxy) is 1. The highest BCUT2D eigenvalue weighted by Crippen LogP contribution is 2.27. The second kappa shape index (κ2) is 10.6. The topological polar surface area (TPSA) is 41.6 Å². The highest BCUT2D eigenvalue weighted by atomic mass is 35.5. The van der Waals surface area contributed by atoms with Gasteiger partial charge in [-0.05, 0) is 68.1 Å². The monoisotopic (exact) mass is 394 g/mol. The zero-order valence-electron chi connectivity index (χ0n) is 15.1. The van der Waals surface area contributed by atoms with Crippen molar-refractivity contribution in [3.8, 4) is 5.75 Å². The van der Waals surface area contributed by atoms with E-state index in [-0.39, 0.29) is 24.4 Å². The third-order valence-corrected chi connectivity index (χ3v) is 5.47. The quantitative estimate of drug-likeness (QED) is 0.715. The molecule has 4 nitrogen and oxygen atoms in total. The molecule has 0 spiro atoms. The minimum Gasteiger partial charge on any atom is -0.494 e. The summed E-state index contributed by atoms with van der Waals surface area (Å²) in [7, 11) is 0. The summed E-state index contributed by atoms with van der Waals surface area (Å²) in [6.07, 6.45) is 3.47. The van der Waals surface area contributed by atoms with Crippen LogP contribution in [-0.2, 0) is 0 Å². The largest absolute Gasteiger partial charge is 0.494 e. The summed E-state index contributed by atoms with van der Waals surface area (Å²) >= 11 is 1.77. The predicted molar refractivity (Wildman–Crippen MR) is 110 cm³/mol. The van der Waals surface area contributed by atoms with Gasteiger partial charge in [0.05, 0.1) is 12.6 Å². The summed E-state index contributed by atoms with van der Waals surface area (Å²) in [5.41, 5.74) is 0.676. The van der Waals surface area contributed by atoms with Gasteiger partial charge in [0.15, 0.2) is 0 Å². The number of hydrogen-bond donors (Lipinski definition) is 1. The van der Waals surface area contributed by atoms with Crippen molar-refractivity contribution in [3.63, 3.8) is 0 Å². The fourth-order valence-electron chi connectivity index (χ4n) is 3.16. The first-order valence-corrected chi connectivity index (χ1v) is 9.94. The van der Waals surface area contributed by atoms with Gasteiger partial charge in [-0.2, -0.15) is 0 Å². The Bertz CT molecular complexity index is 655. The number of thiophene rings is 1. The first-order chi connectivity index (χ1) is 12.3. The first kappa shape index (κ1) is 20.7. The lowest BCUT2D eigenvalue weighted by atomic mass is 10.1. The van der Waals surface area contributed by atoms with Crippen LogP contribution in [-0.4, -0.2) is 37.0 Å². The van der Waals surface area contributed by atoms with Gasteiger partial charge in [0.1, 0.15) is 5.75 Å². The number of hydrogen-bond acceptors (Lipinski definition) is 4. The predicted octanol–water partition coefficient (Wildman–Crippen LogP) is 4.53. The van der Waals surface area contributed by atoms with E-state index in [4.69, 9.17) is 4.74 Å². The van der Waals surface area contributed by atoms with Crippen LogP contribution in [0, 0.1) is 0 Å². The molecule has 1 N–H and O–H groups in total. The van der Waals surface area contributed by atoms with Crippen LogP contribution in [0.4, 0.5) is 0 Å². The average Bonchev–Trinajstić information content (AvgIpc) is 3.35. The maximum Gasteiger partial charge on any atom is 0.251 e. The molecule has 0 saturated carbocycles. The number of likely N-dealkylation sites (tertiary alicyclic amines) is 1. The Hall–Kier alpha value is -1.56. The summed E-state index contributed by atoms with van der Waals surface area (Å²) in [6, 6.07) is 11.9. The third kappa shape index (κ3) is 5.47. The molecule has 1 aliphatic heterocycles. The van der Waals surface area contributed by atoms with E-state index in [9.17, 15) is 4.79 Å². The molecule has 1 saturated heterocycles. The number of benzene rings is 1. The molecule has 1 unspecified atom stereocenters. The summed E-state index contributed by atoms with van der Waals surface area (Å²) in [4.78, 5) is 16.3. The van der Waals surface area contributed by atoms with E-state index in [1.165, 1.54) is 17.7 Å². The molecule has 0 bridgehead atoms. The smallest absolute Gasteiger partial charge is 0.251 e. The second-order valence-corrected chi connectivity index (χ2v) is 7.34. The lowest BCUT2D eigenvalue weighted by molar-refractivity contribution is 0.0938. The summed E-state index contributed by atoms with van der Waals surface area (Å²) in [5.74, 6) is 0.787. The Morgan fingerprint density at radius 3 is 2.58 bits per heavy atom. The molecule has 2 aromatic rings. The van der Waals surface area contributed by atoms with E-state index in [1.54, 1.807) is 11.3 Å². The Balaban J connectivity index is 0.00000243. The standard InChI is InChI=1S/C20H26N2O2S.ClH/c1-2-13-24-17-9-7-16(8-10-17)20(23)21-15-18(19-6-5-14-25-19)22-11-3-4-12-22;/h5-10,14,18H,2-4,11-13,15H2,1H3,(H,21,23);1H. The maximum absolute atomic E-state index is 12.5. The van der Waals surface area contributed by atoms with Crippen molar-refractivity contribution in [3.05, 3.63) is 52.2 Å². The van der Waals surface area contributed by atoms with E-state index < -0.39 is 0 Å². The molecule has 1 aromatic carbocycles. The van der Waals surface area contributed by atoms with Crippen molar-refractivity contribution in [1.29, 1.82) is 0 Å². The number of carbonyl (C=O) groups is 1. The number of carbonyl (C=O) groups excluding carboxylic acids is 1. The van der Waals surface area contributed by atoms with Crippen LogP contribution in [0.3, 0.4) is 0 Å². The van der Waals surface area contributed by atoms with E-state index in [0.29, 0.717) is 18.7 Å². The van der Waals surface area contributed by atoms with Crippen LogP contribution in [0.1, 0.15) is 47.5 Å². The SMILES string of the molecule is CCCOc1ccc(C(=O)NCC(c2cccs2)N2CCCC2)cc1.Cl. The molecule has 142 valence electrons. The van der Waals surface area contributed by atoms with Crippen molar-refractivity contribution < 1.29 is 9.53 Å². The van der Waals surface area contributed by atoms with Crippen LogP contribution in [0.15, 0.2) is 41.8 Å². The van der Waals surface area contributed by atoms with Gasteiger partial charge in [0.2, 0.25) is 0 Å². The Labute approximate surface area is 166 Å².